The third-order valence-corrected chi connectivity index (χ3v) is 12.1. The van der Waals surface area contributed by atoms with Crippen LogP contribution in [0.15, 0.2) is 54.7 Å². The second-order valence-corrected chi connectivity index (χ2v) is 13.7. The zero-order valence-electron chi connectivity index (χ0n) is 19.4. The minimum Gasteiger partial charge on any atom is -0.364 e. The van der Waals surface area contributed by atoms with Crippen molar-refractivity contribution >= 4 is 60.8 Å². The molecule has 0 aliphatic carbocycles. The Morgan fingerprint density at radius 3 is 2.74 bits per heavy atom. The van der Waals surface area contributed by atoms with Gasteiger partial charge < -0.3 is 20.1 Å². The fourth-order valence-corrected chi connectivity index (χ4v) is 10.1. The molecule has 2 aliphatic heterocycles. The van der Waals surface area contributed by atoms with Crippen LogP contribution in [0.2, 0.25) is 0 Å². The lowest BCUT2D eigenvalue weighted by Gasteiger charge is -2.35. The van der Waals surface area contributed by atoms with Gasteiger partial charge in [-0.2, -0.15) is 0 Å². The van der Waals surface area contributed by atoms with Gasteiger partial charge in [-0.1, -0.05) is 58.0 Å². The zero-order chi connectivity index (χ0) is 23.9. The van der Waals surface area contributed by atoms with E-state index in [-0.39, 0.29) is 22.5 Å². The van der Waals surface area contributed by atoms with Gasteiger partial charge in [0.05, 0.1) is 16.3 Å². The molecule has 0 unspecified atom stereocenters. The van der Waals surface area contributed by atoms with Crippen molar-refractivity contribution in [2.75, 3.05) is 18.1 Å². The van der Waals surface area contributed by atoms with Crippen molar-refractivity contribution in [3.8, 4) is 0 Å². The molecular weight excluding hydrogens is 485 g/mol. The molecule has 3 aromatic rings. The van der Waals surface area contributed by atoms with Crippen LogP contribution in [0.5, 0.6) is 0 Å². The van der Waals surface area contributed by atoms with E-state index in [9.17, 15) is 9.59 Å². The number of benzene rings is 2. The Morgan fingerprint density at radius 1 is 1.18 bits per heavy atom. The summed E-state index contributed by atoms with van der Waals surface area (Å²) >= 11 is 0. The van der Waals surface area contributed by atoms with Crippen LogP contribution in [0.1, 0.15) is 31.4 Å². The van der Waals surface area contributed by atoms with E-state index in [0.29, 0.717) is 0 Å². The van der Waals surface area contributed by atoms with Crippen LogP contribution in [0.4, 0.5) is 5.69 Å². The van der Waals surface area contributed by atoms with Gasteiger partial charge in [-0.05, 0) is 53.4 Å². The molecule has 2 amide bonds. The average Bonchev–Trinajstić information content (AvgIpc) is 3.48. The molecule has 34 heavy (non-hydrogen) atoms. The number of aromatic nitrogens is 1. The fraction of sp³-hybridized carbons (Fsp3) is 0.360. The number of anilines is 1. The molecule has 3 heterocycles. The van der Waals surface area contributed by atoms with E-state index in [2.05, 4.69) is 59.8 Å². The van der Waals surface area contributed by atoms with E-state index in [1.54, 1.807) is 43.4 Å². The van der Waals surface area contributed by atoms with Crippen LogP contribution in [0, 0.1) is 0 Å². The number of para-hydroxylation sites is 2. The monoisotopic (exact) mass is 512 g/mol. The lowest BCUT2D eigenvalue weighted by Crippen LogP contribution is -2.49. The smallest absolute Gasteiger partial charge is 0.211 e. The zero-order valence-corrected chi connectivity index (χ0v) is 21.8. The van der Waals surface area contributed by atoms with Crippen molar-refractivity contribution in [1.82, 2.24) is 14.8 Å². The first kappa shape index (κ1) is 23.5. The molecule has 0 saturated carbocycles. The van der Waals surface area contributed by atoms with Gasteiger partial charge >= 0.3 is 0 Å². The predicted molar refractivity (Wildman–Crippen MR) is 145 cm³/mol. The van der Waals surface area contributed by atoms with E-state index in [0.717, 1.165) is 36.2 Å². The number of nitrogens with zero attached hydrogens (tertiary/aromatic N) is 2. The van der Waals surface area contributed by atoms with Crippen LogP contribution in [0.3, 0.4) is 0 Å². The molecule has 2 N–H and O–H groups in total. The van der Waals surface area contributed by atoms with Crippen molar-refractivity contribution < 1.29 is 9.59 Å². The van der Waals surface area contributed by atoms with Gasteiger partial charge in [0.15, 0.2) is 0 Å². The molecule has 178 valence electrons. The standard InChI is InChI=1S/C25H28N4O2S3/c1-17(28(3)15-30)33-34-32-14-24(2)13-25(20-12-26-21-10-6-4-8-18(20)21)19-9-5-7-11-22(19)27-23(25)29(24)16-31/h4-12,15-17,23,26-27H,13-14H2,1-3H3/t17-,23-,24+,25-/m1/s1. The van der Waals surface area contributed by atoms with E-state index < -0.39 is 0 Å². The van der Waals surface area contributed by atoms with Gasteiger partial charge in [-0.15, -0.1) is 0 Å². The molecule has 1 saturated heterocycles. The summed E-state index contributed by atoms with van der Waals surface area (Å²) < 4.78 is 0. The Labute approximate surface area is 211 Å². The Kier molecular flexibility index (Phi) is 6.29. The Bertz CT molecular complexity index is 1220. The fourth-order valence-electron chi connectivity index (χ4n) is 5.45. The molecule has 4 atom stereocenters. The van der Waals surface area contributed by atoms with Crippen LogP contribution in [-0.4, -0.2) is 57.5 Å². The van der Waals surface area contributed by atoms with Crippen LogP contribution < -0.4 is 5.32 Å². The molecule has 2 aliphatic rings. The number of likely N-dealkylation sites (tertiary alicyclic amines) is 1. The van der Waals surface area contributed by atoms with Crippen molar-refractivity contribution in [2.24, 2.45) is 0 Å². The van der Waals surface area contributed by atoms with Crippen molar-refractivity contribution in [2.45, 2.75) is 42.8 Å². The Balaban J connectivity index is 1.50. The summed E-state index contributed by atoms with van der Waals surface area (Å²) in [6.07, 6.45) is 4.65. The molecule has 1 aromatic heterocycles. The summed E-state index contributed by atoms with van der Waals surface area (Å²) in [6, 6.07) is 16.8. The normalized spacial score (nSPS) is 26.1. The predicted octanol–water partition coefficient (Wildman–Crippen LogP) is 5.29. The lowest BCUT2D eigenvalue weighted by molar-refractivity contribution is -0.122. The van der Waals surface area contributed by atoms with Gasteiger partial charge in [0.1, 0.15) is 6.17 Å². The van der Waals surface area contributed by atoms with E-state index >= 15 is 0 Å². The number of aromatic amines is 1. The highest BCUT2D eigenvalue weighted by Crippen LogP contribution is 2.59. The summed E-state index contributed by atoms with van der Waals surface area (Å²) in [4.78, 5) is 30.7. The third kappa shape index (κ3) is 3.60. The number of carbonyl (C=O) groups is 2. The van der Waals surface area contributed by atoms with E-state index in [1.165, 1.54) is 16.5 Å². The third-order valence-electron chi connectivity index (χ3n) is 7.25. The Hall–Kier alpha value is -2.23. The average molecular weight is 513 g/mol. The van der Waals surface area contributed by atoms with Gasteiger partial charge in [0.25, 0.3) is 0 Å². The molecule has 5 rings (SSSR count). The van der Waals surface area contributed by atoms with Gasteiger partial charge in [0.2, 0.25) is 12.8 Å². The van der Waals surface area contributed by atoms with Gasteiger partial charge in [0, 0.05) is 35.6 Å². The molecule has 6 nitrogen and oxygen atoms in total. The number of amides is 2. The number of hydrogen-bond acceptors (Lipinski definition) is 6. The number of hydrogen-bond donors (Lipinski definition) is 2. The quantitative estimate of drug-likeness (QED) is 0.176. The topological polar surface area (TPSA) is 68.4 Å². The number of fused-ring (bicyclic) bond motifs is 4. The molecule has 9 heteroatoms. The number of nitrogens with one attached hydrogen (secondary N) is 2. The number of rotatable bonds is 9. The Morgan fingerprint density at radius 2 is 1.94 bits per heavy atom. The summed E-state index contributed by atoms with van der Waals surface area (Å²) in [6.45, 7) is 4.21. The minimum absolute atomic E-state index is 0.0824. The highest BCUT2D eigenvalue weighted by molar-refractivity contribution is 9.09. The van der Waals surface area contributed by atoms with Crippen molar-refractivity contribution in [1.29, 1.82) is 0 Å². The summed E-state index contributed by atoms with van der Waals surface area (Å²) in [5.41, 5.74) is 3.98. The molecule has 0 bridgehead atoms. The maximum Gasteiger partial charge on any atom is 0.211 e. The van der Waals surface area contributed by atoms with Crippen LogP contribution in [-0.2, 0) is 15.0 Å². The van der Waals surface area contributed by atoms with Gasteiger partial charge in [-0.25, -0.2) is 0 Å². The van der Waals surface area contributed by atoms with Crippen LogP contribution in [0.25, 0.3) is 10.9 Å². The first-order valence-electron chi connectivity index (χ1n) is 11.2. The molecule has 0 radical (unpaired) electrons. The van der Waals surface area contributed by atoms with E-state index in [1.807, 2.05) is 24.0 Å². The maximum atomic E-state index is 12.6. The first-order chi connectivity index (χ1) is 16.4. The number of carbonyl (C=O) groups excluding carboxylic acids is 2. The van der Waals surface area contributed by atoms with Crippen molar-refractivity contribution in [3.05, 3.63) is 65.9 Å². The van der Waals surface area contributed by atoms with Crippen molar-refractivity contribution in [3.63, 3.8) is 0 Å². The summed E-state index contributed by atoms with van der Waals surface area (Å²) in [7, 11) is 6.87. The largest absolute Gasteiger partial charge is 0.364 e. The highest BCUT2D eigenvalue weighted by Gasteiger charge is 2.63. The minimum atomic E-state index is -0.352. The molecular formula is C25H28N4O2S3. The molecule has 0 spiro atoms. The van der Waals surface area contributed by atoms with Gasteiger partial charge in [-0.3, -0.25) is 9.59 Å². The second-order valence-electron chi connectivity index (χ2n) is 9.29. The van der Waals surface area contributed by atoms with E-state index in [4.69, 9.17) is 0 Å². The SMILES string of the molecule is C[C@@H](SSSC[C@]1(C)C[C@]2(c3c[nH]c4ccccc34)c3ccccc3N[C@@H]2N1C=O)N(C)C=O. The summed E-state index contributed by atoms with van der Waals surface area (Å²) in [5, 5.41) is 4.97. The first-order valence-corrected chi connectivity index (χ1v) is 14.9. The summed E-state index contributed by atoms with van der Waals surface area (Å²) in [5.74, 6) is 0.783. The second kappa shape index (κ2) is 9.09. The maximum absolute atomic E-state index is 12.6. The molecule has 1 fully saturated rings. The highest BCUT2D eigenvalue weighted by atomic mass is 33.5. The lowest BCUT2D eigenvalue weighted by atomic mass is 9.70. The molecule has 2 aromatic carbocycles. The van der Waals surface area contributed by atoms with Crippen LogP contribution >= 0.6 is 31.4 Å². The number of H-pyrrole nitrogens is 1.